The molecule has 104 valence electrons. The van der Waals surface area contributed by atoms with Crippen LogP contribution in [0.3, 0.4) is 0 Å². The van der Waals surface area contributed by atoms with Gasteiger partial charge in [-0.2, -0.15) is 0 Å². The Morgan fingerprint density at radius 1 is 1.05 bits per heavy atom. The normalized spacial score (nSPS) is 11.8. The molecule has 2 aromatic carbocycles. The fraction of sp³-hybridized carbons (Fsp3) is 0.188. The molecule has 0 aliphatic carbocycles. The molecule has 1 amide bonds. The van der Waals surface area contributed by atoms with E-state index in [1.54, 1.807) is 19.0 Å². The van der Waals surface area contributed by atoms with Crippen LogP contribution >= 0.6 is 22.6 Å². The molecular weight excluding hydrogens is 363 g/mol. The molecule has 2 rings (SSSR count). The van der Waals surface area contributed by atoms with Crippen molar-refractivity contribution >= 4 is 34.2 Å². The molecule has 0 aliphatic rings. The third-order valence-electron chi connectivity index (χ3n) is 2.98. The van der Waals surface area contributed by atoms with Crippen LogP contribution in [-0.4, -0.2) is 24.9 Å². The van der Waals surface area contributed by atoms with E-state index in [9.17, 15) is 4.79 Å². The maximum absolute atomic E-state index is 12.4. The van der Waals surface area contributed by atoms with E-state index >= 15 is 0 Å². The first-order chi connectivity index (χ1) is 9.58. The minimum Gasteiger partial charge on any atom is -0.370 e. The SMILES string of the molecule is CN(C)C(=O)[C@H](Nc1ccc(I)cc1)c1ccccc1. The van der Waals surface area contributed by atoms with E-state index in [1.807, 2.05) is 54.6 Å². The average Bonchev–Trinajstić information content (AvgIpc) is 2.47. The molecule has 0 spiro atoms. The predicted octanol–water partition coefficient (Wildman–Crippen LogP) is 3.53. The fourth-order valence-corrected chi connectivity index (χ4v) is 2.26. The minimum absolute atomic E-state index is 0.0368. The molecule has 0 aliphatic heterocycles. The third kappa shape index (κ3) is 3.72. The number of carbonyl (C=O) groups is 1. The van der Waals surface area contributed by atoms with E-state index in [4.69, 9.17) is 0 Å². The quantitative estimate of drug-likeness (QED) is 0.824. The molecule has 0 saturated carbocycles. The first kappa shape index (κ1) is 14.8. The van der Waals surface area contributed by atoms with Gasteiger partial charge in [-0.3, -0.25) is 4.79 Å². The number of likely N-dealkylation sites (N-methyl/N-ethyl adjacent to an activating group) is 1. The van der Waals surface area contributed by atoms with Crippen molar-refractivity contribution in [2.45, 2.75) is 6.04 Å². The molecule has 0 fully saturated rings. The van der Waals surface area contributed by atoms with Crippen molar-refractivity contribution in [3.05, 3.63) is 63.7 Å². The summed E-state index contributed by atoms with van der Waals surface area (Å²) < 4.78 is 1.17. The van der Waals surface area contributed by atoms with Crippen molar-refractivity contribution in [3.8, 4) is 0 Å². The Labute approximate surface area is 133 Å². The number of amides is 1. The number of halogens is 1. The van der Waals surface area contributed by atoms with Crippen LogP contribution in [0, 0.1) is 3.57 Å². The van der Waals surface area contributed by atoms with Crippen LogP contribution in [-0.2, 0) is 4.79 Å². The second-order valence-electron chi connectivity index (χ2n) is 4.73. The van der Waals surface area contributed by atoms with Gasteiger partial charge in [-0.1, -0.05) is 30.3 Å². The van der Waals surface area contributed by atoms with Gasteiger partial charge >= 0.3 is 0 Å². The second-order valence-corrected chi connectivity index (χ2v) is 5.97. The zero-order valence-corrected chi connectivity index (χ0v) is 13.7. The predicted molar refractivity (Wildman–Crippen MR) is 90.7 cm³/mol. The van der Waals surface area contributed by atoms with E-state index < -0.39 is 0 Å². The zero-order chi connectivity index (χ0) is 14.5. The Morgan fingerprint density at radius 2 is 1.65 bits per heavy atom. The van der Waals surface area contributed by atoms with Gasteiger partial charge in [0.05, 0.1) is 0 Å². The summed E-state index contributed by atoms with van der Waals surface area (Å²) >= 11 is 2.26. The Bertz CT molecular complexity index is 567. The number of nitrogens with one attached hydrogen (secondary N) is 1. The number of carbonyl (C=O) groups excluding carboxylic acids is 1. The highest BCUT2D eigenvalue weighted by atomic mass is 127. The summed E-state index contributed by atoms with van der Waals surface area (Å²) in [5.74, 6) is 0.0368. The number of hydrogen-bond donors (Lipinski definition) is 1. The Balaban J connectivity index is 2.28. The zero-order valence-electron chi connectivity index (χ0n) is 11.5. The highest BCUT2D eigenvalue weighted by Gasteiger charge is 2.21. The summed E-state index contributed by atoms with van der Waals surface area (Å²) in [5.41, 5.74) is 1.90. The molecule has 1 atom stereocenters. The van der Waals surface area contributed by atoms with Crippen LogP contribution in [0.1, 0.15) is 11.6 Å². The van der Waals surface area contributed by atoms with Crippen LogP contribution in [0.2, 0.25) is 0 Å². The van der Waals surface area contributed by atoms with Gasteiger partial charge in [0.2, 0.25) is 5.91 Å². The third-order valence-corrected chi connectivity index (χ3v) is 3.70. The maximum atomic E-state index is 12.4. The molecule has 3 nitrogen and oxygen atoms in total. The first-order valence-electron chi connectivity index (χ1n) is 6.36. The lowest BCUT2D eigenvalue weighted by molar-refractivity contribution is -0.129. The molecular formula is C16H17IN2O. The number of nitrogens with zero attached hydrogens (tertiary/aromatic N) is 1. The van der Waals surface area contributed by atoms with Crippen molar-refractivity contribution in [2.75, 3.05) is 19.4 Å². The molecule has 0 heterocycles. The van der Waals surface area contributed by atoms with Crippen LogP contribution in [0.15, 0.2) is 54.6 Å². The van der Waals surface area contributed by atoms with Gasteiger partial charge in [-0.25, -0.2) is 0 Å². The van der Waals surface area contributed by atoms with E-state index in [0.717, 1.165) is 11.3 Å². The smallest absolute Gasteiger partial charge is 0.249 e. The summed E-state index contributed by atoms with van der Waals surface area (Å²) in [6, 6.07) is 17.4. The summed E-state index contributed by atoms with van der Waals surface area (Å²) in [7, 11) is 3.54. The standard InChI is InChI=1S/C16H17IN2O/c1-19(2)16(20)15(12-6-4-3-5-7-12)18-14-10-8-13(17)9-11-14/h3-11,15,18H,1-2H3/t15-/m1/s1. The van der Waals surface area contributed by atoms with E-state index in [2.05, 4.69) is 27.9 Å². The number of anilines is 1. The summed E-state index contributed by atoms with van der Waals surface area (Å²) in [5, 5.41) is 3.31. The highest BCUT2D eigenvalue weighted by Crippen LogP contribution is 2.22. The molecule has 0 bridgehead atoms. The van der Waals surface area contributed by atoms with E-state index in [1.165, 1.54) is 3.57 Å². The number of benzene rings is 2. The average molecular weight is 380 g/mol. The fourth-order valence-electron chi connectivity index (χ4n) is 1.90. The molecule has 1 N–H and O–H groups in total. The lowest BCUT2D eigenvalue weighted by atomic mass is 10.1. The van der Waals surface area contributed by atoms with Crippen LogP contribution in [0.25, 0.3) is 0 Å². The van der Waals surface area contributed by atoms with Crippen LogP contribution < -0.4 is 5.32 Å². The summed E-state index contributed by atoms with van der Waals surface area (Å²) in [6.07, 6.45) is 0. The van der Waals surface area contributed by atoms with Crippen molar-refractivity contribution in [3.63, 3.8) is 0 Å². The molecule has 0 unspecified atom stereocenters. The Kier molecular flexibility index (Phi) is 5.00. The lowest BCUT2D eigenvalue weighted by Gasteiger charge is -2.23. The minimum atomic E-state index is -0.369. The van der Waals surface area contributed by atoms with Gasteiger partial charge < -0.3 is 10.2 Å². The molecule has 2 aromatic rings. The molecule has 0 radical (unpaired) electrons. The maximum Gasteiger partial charge on any atom is 0.249 e. The molecule has 20 heavy (non-hydrogen) atoms. The van der Waals surface area contributed by atoms with Gasteiger partial charge in [0.25, 0.3) is 0 Å². The van der Waals surface area contributed by atoms with Gasteiger partial charge in [0.1, 0.15) is 6.04 Å². The molecule has 0 aromatic heterocycles. The number of rotatable bonds is 4. The van der Waals surface area contributed by atoms with Crippen molar-refractivity contribution in [1.29, 1.82) is 0 Å². The van der Waals surface area contributed by atoms with Crippen LogP contribution in [0.5, 0.6) is 0 Å². The topological polar surface area (TPSA) is 32.3 Å². The van der Waals surface area contributed by atoms with Gasteiger partial charge in [0, 0.05) is 23.4 Å². The first-order valence-corrected chi connectivity index (χ1v) is 7.44. The Hall–Kier alpha value is -1.56. The molecule has 4 heteroatoms. The highest BCUT2D eigenvalue weighted by molar-refractivity contribution is 14.1. The van der Waals surface area contributed by atoms with Crippen molar-refractivity contribution < 1.29 is 4.79 Å². The summed E-state index contributed by atoms with van der Waals surface area (Å²) in [4.78, 5) is 14.0. The monoisotopic (exact) mass is 380 g/mol. The van der Waals surface area contributed by atoms with Crippen LogP contribution in [0.4, 0.5) is 5.69 Å². The van der Waals surface area contributed by atoms with E-state index in [0.29, 0.717) is 0 Å². The lowest BCUT2D eigenvalue weighted by Crippen LogP contribution is -2.32. The van der Waals surface area contributed by atoms with E-state index in [-0.39, 0.29) is 11.9 Å². The van der Waals surface area contributed by atoms with Crippen molar-refractivity contribution in [1.82, 2.24) is 4.90 Å². The van der Waals surface area contributed by atoms with Crippen molar-refractivity contribution in [2.24, 2.45) is 0 Å². The van der Waals surface area contributed by atoms with Gasteiger partial charge in [-0.05, 0) is 52.4 Å². The largest absolute Gasteiger partial charge is 0.370 e. The second kappa shape index (κ2) is 6.74. The summed E-state index contributed by atoms with van der Waals surface area (Å²) in [6.45, 7) is 0. The Morgan fingerprint density at radius 3 is 2.20 bits per heavy atom. The van der Waals surface area contributed by atoms with Gasteiger partial charge in [-0.15, -0.1) is 0 Å². The molecule has 0 saturated heterocycles. The van der Waals surface area contributed by atoms with Gasteiger partial charge in [0.15, 0.2) is 0 Å². The number of hydrogen-bond acceptors (Lipinski definition) is 2.